The molecule has 0 atom stereocenters. The lowest BCUT2D eigenvalue weighted by molar-refractivity contribution is 0.0383. The van der Waals surface area contributed by atoms with Gasteiger partial charge in [-0.15, -0.1) is 0 Å². The first-order valence-electron chi connectivity index (χ1n) is 10.0. The van der Waals surface area contributed by atoms with E-state index in [2.05, 4.69) is 33.9 Å². The van der Waals surface area contributed by atoms with Crippen molar-refractivity contribution in [2.45, 2.75) is 33.0 Å². The number of aromatic nitrogens is 1. The minimum atomic E-state index is -0.213. The number of carbonyl (C=O) groups excluding carboxylic acids is 1. The molecule has 0 spiro atoms. The Hall–Kier alpha value is -1.93. The van der Waals surface area contributed by atoms with Crippen LogP contribution in [0.25, 0.3) is 0 Å². The Morgan fingerprint density at radius 2 is 2.03 bits per heavy atom. The fourth-order valence-electron chi connectivity index (χ4n) is 3.17. The third-order valence-electron chi connectivity index (χ3n) is 5.00. The summed E-state index contributed by atoms with van der Waals surface area (Å²) in [6, 6.07) is 8.07. The van der Waals surface area contributed by atoms with Crippen LogP contribution in [0.3, 0.4) is 0 Å². The van der Waals surface area contributed by atoms with Crippen LogP contribution < -0.4 is 5.32 Å². The molecule has 0 bridgehead atoms. The zero-order valence-electron chi connectivity index (χ0n) is 17.1. The van der Waals surface area contributed by atoms with Crippen molar-refractivity contribution in [1.82, 2.24) is 20.1 Å². The summed E-state index contributed by atoms with van der Waals surface area (Å²) < 4.78 is 10.9. The van der Waals surface area contributed by atoms with Crippen LogP contribution in [0.5, 0.6) is 0 Å². The van der Waals surface area contributed by atoms with Gasteiger partial charge in [0.05, 0.1) is 19.8 Å². The number of hydrogen-bond donors (Lipinski definition) is 1. The summed E-state index contributed by atoms with van der Waals surface area (Å²) in [5.74, 6) is 0.305. The SMILES string of the molecule is CC(C)N(Cc1nc(C(=O)NCCN2CCOCC2)co1)Cc1ccccc1Cl. The first-order chi connectivity index (χ1) is 14.0. The van der Waals surface area contributed by atoms with Crippen molar-refractivity contribution in [3.05, 3.63) is 52.7 Å². The molecule has 7 nitrogen and oxygen atoms in total. The highest BCUT2D eigenvalue weighted by Crippen LogP contribution is 2.19. The van der Waals surface area contributed by atoms with Crippen LogP contribution in [0.15, 0.2) is 34.9 Å². The first-order valence-corrected chi connectivity index (χ1v) is 10.4. The molecule has 1 fully saturated rings. The summed E-state index contributed by atoms with van der Waals surface area (Å²) in [5.41, 5.74) is 1.36. The number of nitrogens with one attached hydrogen (secondary N) is 1. The maximum atomic E-state index is 12.3. The van der Waals surface area contributed by atoms with E-state index >= 15 is 0 Å². The summed E-state index contributed by atoms with van der Waals surface area (Å²) in [5, 5.41) is 3.65. The zero-order chi connectivity index (χ0) is 20.6. The Kier molecular flexibility index (Phi) is 8.06. The van der Waals surface area contributed by atoms with E-state index in [-0.39, 0.29) is 11.9 Å². The van der Waals surface area contributed by atoms with Crippen molar-refractivity contribution in [1.29, 1.82) is 0 Å². The molecule has 8 heteroatoms. The molecule has 1 saturated heterocycles. The molecule has 0 radical (unpaired) electrons. The Labute approximate surface area is 177 Å². The highest BCUT2D eigenvalue weighted by Gasteiger charge is 2.18. The second-order valence-electron chi connectivity index (χ2n) is 7.43. The van der Waals surface area contributed by atoms with E-state index in [1.807, 2.05) is 24.3 Å². The van der Waals surface area contributed by atoms with Gasteiger partial charge in [0, 0.05) is 43.8 Å². The maximum Gasteiger partial charge on any atom is 0.273 e. The maximum absolute atomic E-state index is 12.3. The summed E-state index contributed by atoms with van der Waals surface area (Å²) in [7, 11) is 0. The molecule has 2 aromatic rings. The van der Waals surface area contributed by atoms with Gasteiger partial charge in [-0.2, -0.15) is 0 Å². The fourth-order valence-corrected chi connectivity index (χ4v) is 3.37. The molecule has 2 heterocycles. The van der Waals surface area contributed by atoms with Gasteiger partial charge in [0.15, 0.2) is 5.69 Å². The van der Waals surface area contributed by atoms with Crippen LogP contribution in [-0.2, 0) is 17.8 Å². The number of carbonyl (C=O) groups is 1. The summed E-state index contributed by atoms with van der Waals surface area (Å²) in [6.45, 7) is 10.1. The van der Waals surface area contributed by atoms with Gasteiger partial charge in [0.25, 0.3) is 5.91 Å². The molecule has 0 aliphatic carbocycles. The van der Waals surface area contributed by atoms with Gasteiger partial charge in [0.1, 0.15) is 6.26 Å². The molecular weight excluding hydrogens is 392 g/mol. The van der Waals surface area contributed by atoms with Gasteiger partial charge in [0.2, 0.25) is 5.89 Å². The predicted octanol–water partition coefficient (Wildman–Crippen LogP) is 2.80. The molecule has 1 aromatic carbocycles. The van der Waals surface area contributed by atoms with E-state index < -0.39 is 0 Å². The monoisotopic (exact) mass is 420 g/mol. The highest BCUT2D eigenvalue weighted by molar-refractivity contribution is 6.31. The van der Waals surface area contributed by atoms with E-state index in [1.54, 1.807) is 0 Å². The molecule has 1 aromatic heterocycles. The fraction of sp³-hybridized carbons (Fsp3) is 0.524. The standard InChI is InChI=1S/C21H29ClN4O3/c1-16(2)26(13-17-5-3-4-6-18(17)22)14-20-24-19(15-29-20)21(27)23-7-8-25-9-11-28-12-10-25/h3-6,15-16H,7-14H2,1-2H3,(H,23,27). The van der Waals surface area contributed by atoms with Crippen LogP contribution in [-0.4, -0.2) is 66.1 Å². The molecular formula is C21H29ClN4O3. The number of oxazole rings is 1. The summed E-state index contributed by atoms with van der Waals surface area (Å²) in [4.78, 5) is 21.2. The third-order valence-corrected chi connectivity index (χ3v) is 5.37. The van der Waals surface area contributed by atoms with Gasteiger partial charge in [-0.05, 0) is 25.5 Å². The molecule has 0 saturated carbocycles. The molecule has 29 heavy (non-hydrogen) atoms. The molecule has 1 aliphatic rings. The van der Waals surface area contributed by atoms with Crippen molar-refractivity contribution in [2.24, 2.45) is 0 Å². The smallest absolute Gasteiger partial charge is 0.273 e. The lowest BCUT2D eigenvalue weighted by Crippen LogP contribution is -2.41. The van der Waals surface area contributed by atoms with Gasteiger partial charge in [-0.3, -0.25) is 14.6 Å². The molecule has 158 valence electrons. The van der Waals surface area contributed by atoms with E-state index in [1.165, 1.54) is 6.26 Å². The number of ether oxygens (including phenoxy) is 1. The Morgan fingerprint density at radius 3 is 2.76 bits per heavy atom. The van der Waals surface area contributed by atoms with Crippen molar-refractivity contribution < 1.29 is 13.9 Å². The van der Waals surface area contributed by atoms with Gasteiger partial charge < -0.3 is 14.5 Å². The van der Waals surface area contributed by atoms with Gasteiger partial charge in [-0.1, -0.05) is 29.8 Å². The quantitative estimate of drug-likeness (QED) is 0.672. The van der Waals surface area contributed by atoms with Gasteiger partial charge in [-0.25, -0.2) is 4.98 Å². The Morgan fingerprint density at radius 1 is 1.28 bits per heavy atom. The molecule has 1 N–H and O–H groups in total. The van der Waals surface area contributed by atoms with E-state index in [0.29, 0.717) is 31.2 Å². The summed E-state index contributed by atoms with van der Waals surface area (Å²) >= 11 is 6.30. The normalized spacial score (nSPS) is 15.2. The average molecular weight is 421 g/mol. The number of halogens is 1. The Balaban J connectivity index is 1.52. The van der Waals surface area contributed by atoms with E-state index in [9.17, 15) is 4.79 Å². The van der Waals surface area contributed by atoms with E-state index in [0.717, 1.165) is 43.4 Å². The van der Waals surface area contributed by atoms with Crippen molar-refractivity contribution in [3.8, 4) is 0 Å². The largest absolute Gasteiger partial charge is 0.447 e. The molecule has 1 aliphatic heterocycles. The van der Waals surface area contributed by atoms with Crippen molar-refractivity contribution in [2.75, 3.05) is 39.4 Å². The number of morpholine rings is 1. The molecule has 1 amide bonds. The van der Waals surface area contributed by atoms with E-state index in [4.69, 9.17) is 20.8 Å². The van der Waals surface area contributed by atoms with Crippen LogP contribution in [0.4, 0.5) is 0 Å². The minimum Gasteiger partial charge on any atom is -0.447 e. The third kappa shape index (κ3) is 6.54. The number of benzene rings is 1. The lowest BCUT2D eigenvalue weighted by atomic mass is 10.2. The average Bonchev–Trinajstić information content (AvgIpc) is 3.18. The molecule has 0 unspecified atom stereocenters. The Bertz CT molecular complexity index is 790. The number of hydrogen-bond acceptors (Lipinski definition) is 6. The first kappa shape index (κ1) is 21.8. The number of rotatable bonds is 9. The van der Waals surface area contributed by atoms with Crippen LogP contribution in [0.1, 0.15) is 35.8 Å². The lowest BCUT2D eigenvalue weighted by Gasteiger charge is -2.26. The highest BCUT2D eigenvalue weighted by atomic mass is 35.5. The van der Waals surface area contributed by atoms with Crippen LogP contribution in [0, 0.1) is 0 Å². The second kappa shape index (κ2) is 10.7. The topological polar surface area (TPSA) is 70.8 Å². The predicted molar refractivity (Wildman–Crippen MR) is 112 cm³/mol. The number of nitrogens with zero attached hydrogens (tertiary/aromatic N) is 3. The minimum absolute atomic E-state index is 0.213. The summed E-state index contributed by atoms with van der Waals surface area (Å²) in [6.07, 6.45) is 1.42. The van der Waals surface area contributed by atoms with Crippen LogP contribution >= 0.6 is 11.6 Å². The number of amides is 1. The van der Waals surface area contributed by atoms with Crippen molar-refractivity contribution >= 4 is 17.5 Å². The van der Waals surface area contributed by atoms with Crippen molar-refractivity contribution in [3.63, 3.8) is 0 Å². The van der Waals surface area contributed by atoms with Crippen LogP contribution in [0.2, 0.25) is 5.02 Å². The van der Waals surface area contributed by atoms with Gasteiger partial charge >= 0.3 is 0 Å². The molecule has 3 rings (SSSR count). The zero-order valence-corrected chi connectivity index (χ0v) is 17.8. The second-order valence-corrected chi connectivity index (χ2v) is 7.83.